The molecule has 2 aliphatic heterocycles. The van der Waals surface area contributed by atoms with Gasteiger partial charge in [0.25, 0.3) is 0 Å². The van der Waals surface area contributed by atoms with Gasteiger partial charge in [0.2, 0.25) is 5.91 Å². The van der Waals surface area contributed by atoms with E-state index in [9.17, 15) is 24.1 Å². The number of esters is 1. The van der Waals surface area contributed by atoms with Crippen molar-refractivity contribution in [3.05, 3.63) is 42.6 Å². The molecule has 0 unspecified atom stereocenters. The molecule has 1 aromatic rings. The standard InChI is InChI=1S/C23H30FN2O9P/c1-4-12-32-21(30)15(2)25-36(31,35-17-8-6-5-7-9-17)33-14-18-20(29)23(3,24)22(34-18)26-11-10-16(27)13-19(26)28/h5-11,15,18,20,22,29H,4,12-14H2,1-3H3,(H,25,31)/t15-,18+,20+,22+,23+,36-/m0/s1. The van der Waals surface area contributed by atoms with Crippen molar-refractivity contribution < 1.29 is 47.0 Å². The van der Waals surface area contributed by atoms with Gasteiger partial charge in [-0.25, -0.2) is 8.96 Å². The van der Waals surface area contributed by atoms with Gasteiger partial charge in [0.1, 0.15) is 24.0 Å². The van der Waals surface area contributed by atoms with E-state index < -0.39 is 68.6 Å². The largest absolute Gasteiger partial charge is 0.465 e. The maximum absolute atomic E-state index is 15.5. The van der Waals surface area contributed by atoms with Gasteiger partial charge in [-0.1, -0.05) is 25.1 Å². The van der Waals surface area contributed by atoms with E-state index in [2.05, 4.69) is 5.09 Å². The number of carbonyl (C=O) groups is 3. The molecule has 3 rings (SSSR count). The highest BCUT2D eigenvalue weighted by molar-refractivity contribution is 7.52. The summed E-state index contributed by atoms with van der Waals surface area (Å²) in [5.41, 5.74) is -2.44. The number of allylic oxidation sites excluding steroid dienone is 1. The van der Waals surface area contributed by atoms with E-state index in [0.717, 1.165) is 24.1 Å². The summed E-state index contributed by atoms with van der Waals surface area (Å²) < 4.78 is 50.6. The molecule has 0 saturated carbocycles. The summed E-state index contributed by atoms with van der Waals surface area (Å²) in [4.78, 5) is 36.8. The monoisotopic (exact) mass is 528 g/mol. The Hall–Kier alpha value is -2.63. The van der Waals surface area contributed by atoms with Gasteiger partial charge in [0.15, 0.2) is 17.7 Å². The third-order valence-corrected chi connectivity index (χ3v) is 7.18. The van der Waals surface area contributed by atoms with Crippen LogP contribution in [-0.2, 0) is 32.9 Å². The van der Waals surface area contributed by atoms with E-state index in [1.165, 1.54) is 19.1 Å². The molecule has 0 aromatic heterocycles. The molecule has 13 heteroatoms. The molecule has 1 fully saturated rings. The second-order valence-corrected chi connectivity index (χ2v) is 10.3. The van der Waals surface area contributed by atoms with Crippen LogP contribution in [0, 0.1) is 0 Å². The Bertz CT molecular complexity index is 1040. The van der Waals surface area contributed by atoms with Gasteiger partial charge in [0.05, 0.1) is 19.6 Å². The number of nitrogens with zero attached hydrogens (tertiary/aromatic N) is 1. The normalized spacial score (nSPS) is 28.6. The lowest BCUT2D eigenvalue weighted by atomic mass is 9.97. The minimum absolute atomic E-state index is 0.164. The number of hydrogen-bond acceptors (Lipinski definition) is 9. The first-order chi connectivity index (χ1) is 17.0. The number of alkyl halides is 1. The van der Waals surface area contributed by atoms with Gasteiger partial charge in [-0.05, 0) is 38.5 Å². The second-order valence-electron chi connectivity index (χ2n) is 8.60. The minimum atomic E-state index is -4.28. The number of ketones is 1. The van der Waals surface area contributed by atoms with Crippen molar-refractivity contribution in [2.24, 2.45) is 0 Å². The van der Waals surface area contributed by atoms with Crippen molar-refractivity contribution >= 4 is 25.4 Å². The number of carbonyl (C=O) groups excluding carboxylic acids is 3. The van der Waals surface area contributed by atoms with Crippen molar-refractivity contribution in [1.82, 2.24) is 9.99 Å². The number of para-hydroxylation sites is 1. The van der Waals surface area contributed by atoms with Crippen LogP contribution in [0.15, 0.2) is 42.6 Å². The molecule has 0 spiro atoms. The average molecular weight is 528 g/mol. The zero-order chi connectivity index (χ0) is 26.5. The molecule has 2 N–H and O–H groups in total. The van der Waals surface area contributed by atoms with Crippen LogP contribution in [0.1, 0.15) is 33.6 Å². The molecule has 0 radical (unpaired) electrons. The minimum Gasteiger partial charge on any atom is -0.465 e. The smallest absolute Gasteiger partial charge is 0.459 e. The summed E-state index contributed by atoms with van der Waals surface area (Å²) >= 11 is 0. The molecule has 1 aromatic carbocycles. The van der Waals surface area contributed by atoms with Gasteiger partial charge in [0, 0.05) is 6.20 Å². The molecule has 0 aliphatic carbocycles. The van der Waals surface area contributed by atoms with E-state index in [0.29, 0.717) is 6.42 Å². The third-order valence-electron chi connectivity index (χ3n) is 5.54. The fourth-order valence-corrected chi connectivity index (χ4v) is 5.11. The highest BCUT2D eigenvalue weighted by Gasteiger charge is 2.57. The van der Waals surface area contributed by atoms with Gasteiger partial charge in [-0.2, -0.15) is 5.09 Å². The molecule has 6 atom stereocenters. The molecule has 2 aliphatic rings. The maximum atomic E-state index is 15.5. The van der Waals surface area contributed by atoms with E-state index in [-0.39, 0.29) is 12.4 Å². The molecular weight excluding hydrogens is 498 g/mol. The number of benzene rings is 1. The Balaban J connectivity index is 1.75. The van der Waals surface area contributed by atoms with Crippen molar-refractivity contribution in [2.75, 3.05) is 13.2 Å². The first-order valence-electron chi connectivity index (χ1n) is 11.4. The Labute approximate surface area is 208 Å². The fraction of sp³-hybridized carbons (Fsp3) is 0.522. The van der Waals surface area contributed by atoms with Gasteiger partial charge in [-0.3, -0.25) is 23.8 Å². The highest BCUT2D eigenvalue weighted by atomic mass is 31.2. The summed E-state index contributed by atoms with van der Waals surface area (Å²) in [6, 6.07) is 6.93. The van der Waals surface area contributed by atoms with Crippen LogP contribution in [0.5, 0.6) is 5.75 Å². The molecule has 0 bridgehead atoms. The molecule has 1 saturated heterocycles. The summed E-state index contributed by atoms with van der Waals surface area (Å²) in [6.07, 6.45) is -2.35. The van der Waals surface area contributed by atoms with Crippen LogP contribution >= 0.6 is 7.75 Å². The average Bonchev–Trinajstić information content (AvgIpc) is 3.05. The van der Waals surface area contributed by atoms with Crippen molar-refractivity contribution in [3.8, 4) is 5.75 Å². The van der Waals surface area contributed by atoms with Gasteiger partial charge >= 0.3 is 13.7 Å². The Kier molecular flexibility index (Phi) is 9.02. The number of hydrogen-bond donors (Lipinski definition) is 2. The zero-order valence-electron chi connectivity index (χ0n) is 20.2. The number of aliphatic hydroxyl groups is 1. The molecule has 1 amide bonds. The predicted octanol–water partition coefficient (Wildman–Crippen LogP) is 2.25. The third kappa shape index (κ3) is 6.57. The van der Waals surface area contributed by atoms with Crippen LogP contribution in [0.2, 0.25) is 0 Å². The summed E-state index contributed by atoms with van der Waals surface area (Å²) in [5, 5.41) is 13.1. The number of halogens is 1. The van der Waals surface area contributed by atoms with Crippen molar-refractivity contribution in [1.29, 1.82) is 0 Å². The number of rotatable bonds is 11. The van der Waals surface area contributed by atoms with Crippen LogP contribution in [0.3, 0.4) is 0 Å². The first-order valence-corrected chi connectivity index (χ1v) is 13.0. The van der Waals surface area contributed by atoms with E-state index in [1.807, 2.05) is 6.92 Å². The molecule has 198 valence electrons. The van der Waals surface area contributed by atoms with E-state index in [1.54, 1.807) is 18.2 Å². The summed E-state index contributed by atoms with van der Waals surface area (Å²) in [5.74, 6) is -1.65. The Morgan fingerprint density at radius 1 is 1.36 bits per heavy atom. The van der Waals surface area contributed by atoms with E-state index >= 15 is 4.39 Å². The molecular formula is C23H30FN2O9P. The van der Waals surface area contributed by atoms with Gasteiger partial charge < -0.3 is 19.1 Å². The van der Waals surface area contributed by atoms with Crippen molar-refractivity contribution in [2.45, 2.75) is 63.8 Å². The number of aliphatic hydroxyl groups excluding tert-OH is 1. The van der Waals surface area contributed by atoms with E-state index in [4.69, 9.17) is 18.5 Å². The second kappa shape index (κ2) is 11.6. The number of nitrogens with one attached hydrogen (secondary N) is 1. The van der Waals surface area contributed by atoms with Crippen LogP contribution in [-0.4, -0.2) is 71.0 Å². The maximum Gasteiger partial charge on any atom is 0.459 e. The van der Waals surface area contributed by atoms with Crippen LogP contribution < -0.4 is 9.61 Å². The lowest BCUT2D eigenvalue weighted by molar-refractivity contribution is -0.150. The summed E-state index contributed by atoms with van der Waals surface area (Å²) in [7, 11) is -4.28. The number of ether oxygens (including phenoxy) is 2. The topological polar surface area (TPSA) is 141 Å². The van der Waals surface area contributed by atoms with Crippen LogP contribution in [0.4, 0.5) is 4.39 Å². The quantitative estimate of drug-likeness (QED) is 0.250. The predicted molar refractivity (Wildman–Crippen MR) is 124 cm³/mol. The Morgan fingerprint density at radius 3 is 2.69 bits per heavy atom. The molecule has 36 heavy (non-hydrogen) atoms. The first kappa shape index (κ1) is 27.9. The van der Waals surface area contributed by atoms with Gasteiger partial charge in [-0.15, -0.1) is 0 Å². The highest BCUT2D eigenvalue weighted by Crippen LogP contribution is 2.46. The van der Waals surface area contributed by atoms with Crippen LogP contribution in [0.25, 0.3) is 0 Å². The number of amides is 1. The Morgan fingerprint density at radius 2 is 2.06 bits per heavy atom. The zero-order valence-corrected chi connectivity index (χ0v) is 21.1. The lowest BCUT2D eigenvalue weighted by Gasteiger charge is -2.32. The molecule has 11 nitrogen and oxygen atoms in total. The lowest BCUT2D eigenvalue weighted by Crippen LogP contribution is -2.51. The summed E-state index contributed by atoms with van der Waals surface area (Å²) in [6.45, 7) is 3.83. The van der Waals surface area contributed by atoms with Crippen molar-refractivity contribution in [3.63, 3.8) is 0 Å². The SMILES string of the molecule is CCCOC(=O)[C@H](C)N[P@](=O)(OC[C@H]1O[C@@H](N2C=CC(=O)CC2=O)[C@](C)(F)[C@@H]1O)Oc1ccccc1. The fourth-order valence-electron chi connectivity index (χ4n) is 3.60. The molecule has 2 heterocycles.